The highest BCUT2D eigenvalue weighted by molar-refractivity contribution is 5.81. The molecule has 0 aromatic rings. The van der Waals surface area contributed by atoms with Gasteiger partial charge in [0.1, 0.15) is 5.78 Å². The minimum absolute atomic E-state index is 0.0735. The Hall–Kier alpha value is -0.630. The zero-order valence-corrected chi connectivity index (χ0v) is 8.81. The fourth-order valence-electron chi connectivity index (χ4n) is 1.30. The highest BCUT2D eigenvalue weighted by Crippen LogP contribution is 2.11. The molecule has 0 heterocycles. The van der Waals surface area contributed by atoms with Crippen LogP contribution < -0.4 is 5.73 Å². The fourth-order valence-corrected chi connectivity index (χ4v) is 1.30. The summed E-state index contributed by atoms with van der Waals surface area (Å²) in [4.78, 5) is 11.5. The molecule has 13 heavy (non-hydrogen) atoms. The van der Waals surface area contributed by atoms with Crippen molar-refractivity contribution in [2.75, 3.05) is 6.54 Å². The Bertz CT molecular complexity index is 175. The molecule has 0 aliphatic carbocycles. The lowest BCUT2D eigenvalue weighted by atomic mass is 9.95. The number of hydrogen-bond acceptors (Lipinski definition) is 2. The van der Waals surface area contributed by atoms with Crippen molar-refractivity contribution in [3.63, 3.8) is 0 Å². The Balaban J connectivity index is 3.84. The molecule has 1 unspecified atom stereocenters. The monoisotopic (exact) mass is 183 g/mol. The van der Waals surface area contributed by atoms with Gasteiger partial charge in [0.05, 0.1) is 0 Å². The van der Waals surface area contributed by atoms with Crippen LogP contribution >= 0.6 is 0 Å². The van der Waals surface area contributed by atoms with Crippen molar-refractivity contribution in [1.29, 1.82) is 0 Å². The van der Waals surface area contributed by atoms with E-state index in [-0.39, 0.29) is 5.92 Å². The van der Waals surface area contributed by atoms with E-state index in [1.54, 1.807) is 0 Å². The predicted octanol–water partition coefficient (Wildman–Crippen LogP) is 2.29. The average molecular weight is 183 g/mol. The number of carbonyl (C=O) groups excluding carboxylic acids is 1. The van der Waals surface area contributed by atoms with Gasteiger partial charge in [0.2, 0.25) is 0 Å². The van der Waals surface area contributed by atoms with Crippen LogP contribution in [-0.4, -0.2) is 12.3 Å². The lowest BCUT2D eigenvalue weighted by molar-refractivity contribution is -0.122. The summed E-state index contributed by atoms with van der Waals surface area (Å²) in [5, 5.41) is 0. The molecule has 0 saturated carbocycles. The maximum atomic E-state index is 11.5. The number of carbonyl (C=O) groups is 1. The largest absolute Gasteiger partial charge is 0.330 e. The normalized spacial score (nSPS) is 12.5. The standard InChI is InChI=1S/C11H21NO/c1-4-5-10(8-12)11(13)7-6-9(2)3/h10H,2,4-8,12H2,1,3H3. The number of ketones is 1. The average Bonchev–Trinajstić information content (AvgIpc) is 2.10. The highest BCUT2D eigenvalue weighted by atomic mass is 16.1. The molecule has 0 rings (SSSR count). The van der Waals surface area contributed by atoms with Crippen LogP contribution in [0.2, 0.25) is 0 Å². The SMILES string of the molecule is C=C(C)CCC(=O)C(CN)CCC. The summed E-state index contributed by atoms with van der Waals surface area (Å²) >= 11 is 0. The fraction of sp³-hybridized carbons (Fsp3) is 0.727. The van der Waals surface area contributed by atoms with E-state index in [4.69, 9.17) is 5.73 Å². The molecule has 0 amide bonds. The summed E-state index contributed by atoms with van der Waals surface area (Å²) in [6, 6.07) is 0. The lowest BCUT2D eigenvalue weighted by Crippen LogP contribution is -2.23. The van der Waals surface area contributed by atoms with Gasteiger partial charge in [0, 0.05) is 18.9 Å². The molecule has 0 aromatic heterocycles. The van der Waals surface area contributed by atoms with E-state index in [2.05, 4.69) is 13.5 Å². The molecule has 76 valence electrons. The maximum Gasteiger partial charge on any atom is 0.137 e. The first-order valence-electron chi connectivity index (χ1n) is 4.99. The first kappa shape index (κ1) is 12.4. The van der Waals surface area contributed by atoms with Crippen molar-refractivity contribution in [2.24, 2.45) is 11.7 Å². The van der Waals surface area contributed by atoms with Gasteiger partial charge in [-0.1, -0.05) is 18.9 Å². The molecule has 1 atom stereocenters. The summed E-state index contributed by atoms with van der Waals surface area (Å²) in [7, 11) is 0. The molecule has 2 heteroatoms. The first-order valence-corrected chi connectivity index (χ1v) is 4.99. The van der Waals surface area contributed by atoms with Gasteiger partial charge in [-0.3, -0.25) is 4.79 Å². The Morgan fingerprint density at radius 1 is 1.46 bits per heavy atom. The number of rotatable bonds is 7. The lowest BCUT2D eigenvalue weighted by Gasteiger charge is -2.11. The van der Waals surface area contributed by atoms with Crippen LogP contribution in [0.15, 0.2) is 12.2 Å². The molecule has 0 spiro atoms. The van der Waals surface area contributed by atoms with Crippen LogP contribution in [0.1, 0.15) is 39.5 Å². The minimum atomic E-state index is 0.0735. The van der Waals surface area contributed by atoms with Crippen LogP contribution in [0.25, 0.3) is 0 Å². The van der Waals surface area contributed by atoms with Crippen LogP contribution in [0, 0.1) is 5.92 Å². The van der Waals surface area contributed by atoms with Gasteiger partial charge in [0.15, 0.2) is 0 Å². The van der Waals surface area contributed by atoms with Gasteiger partial charge < -0.3 is 5.73 Å². The minimum Gasteiger partial charge on any atom is -0.330 e. The molecule has 0 aliphatic rings. The second-order valence-electron chi connectivity index (χ2n) is 3.64. The Labute approximate surface area is 81.2 Å². The molecule has 0 fully saturated rings. The van der Waals surface area contributed by atoms with Gasteiger partial charge in [-0.25, -0.2) is 0 Å². The van der Waals surface area contributed by atoms with Gasteiger partial charge in [-0.05, 0) is 19.8 Å². The van der Waals surface area contributed by atoms with Gasteiger partial charge in [-0.15, -0.1) is 6.58 Å². The van der Waals surface area contributed by atoms with Crippen molar-refractivity contribution < 1.29 is 4.79 Å². The Morgan fingerprint density at radius 3 is 2.46 bits per heavy atom. The predicted molar refractivity (Wildman–Crippen MR) is 56.5 cm³/mol. The molecule has 2 nitrogen and oxygen atoms in total. The summed E-state index contributed by atoms with van der Waals surface area (Å²) in [6.45, 7) is 8.29. The summed E-state index contributed by atoms with van der Waals surface area (Å²) in [5.74, 6) is 0.372. The number of Topliss-reactive ketones (excluding diaryl/α,β-unsaturated/α-hetero) is 1. The zero-order valence-electron chi connectivity index (χ0n) is 8.81. The Kier molecular flexibility index (Phi) is 6.51. The molecule has 0 saturated heterocycles. The van der Waals surface area contributed by atoms with E-state index in [0.717, 1.165) is 24.8 Å². The topological polar surface area (TPSA) is 43.1 Å². The quantitative estimate of drug-likeness (QED) is 0.615. The van der Waals surface area contributed by atoms with Crippen LogP contribution in [0.5, 0.6) is 0 Å². The van der Waals surface area contributed by atoms with Gasteiger partial charge >= 0.3 is 0 Å². The van der Waals surface area contributed by atoms with Crippen molar-refractivity contribution in [3.05, 3.63) is 12.2 Å². The second-order valence-corrected chi connectivity index (χ2v) is 3.64. The maximum absolute atomic E-state index is 11.5. The molecule has 0 bridgehead atoms. The van der Waals surface area contributed by atoms with E-state index in [1.807, 2.05) is 6.92 Å². The number of hydrogen-bond donors (Lipinski definition) is 1. The summed E-state index contributed by atoms with van der Waals surface area (Å²) in [6.07, 6.45) is 3.36. The third-order valence-corrected chi connectivity index (χ3v) is 2.18. The number of allylic oxidation sites excluding steroid dienone is 1. The second kappa shape index (κ2) is 6.84. The summed E-state index contributed by atoms with van der Waals surface area (Å²) < 4.78 is 0. The molecule has 0 radical (unpaired) electrons. The van der Waals surface area contributed by atoms with E-state index >= 15 is 0 Å². The van der Waals surface area contributed by atoms with Gasteiger partial charge in [0.25, 0.3) is 0 Å². The van der Waals surface area contributed by atoms with Crippen molar-refractivity contribution >= 4 is 5.78 Å². The van der Waals surface area contributed by atoms with Crippen LogP contribution in [-0.2, 0) is 4.79 Å². The van der Waals surface area contributed by atoms with Crippen molar-refractivity contribution in [2.45, 2.75) is 39.5 Å². The molecule has 0 aliphatic heterocycles. The highest BCUT2D eigenvalue weighted by Gasteiger charge is 2.14. The van der Waals surface area contributed by atoms with E-state index in [1.165, 1.54) is 0 Å². The van der Waals surface area contributed by atoms with Gasteiger partial charge in [-0.2, -0.15) is 0 Å². The zero-order chi connectivity index (χ0) is 10.3. The molecular weight excluding hydrogens is 162 g/mol. The van der Waals surface area contributed by atoms with Crippen LogP contribution in [0.3, 0.4) is 0 Å². The Morgan fingerprint density at radius 2 is 2.08 bits per heavy atom. The van der Waals surface area contributed by atoms with E-state index < -0.39 is 0 Å². The van der Waals surface area contributed by atoms with Crippen LogP contribution in [0.4, 0.5) is 0 Å². The van der Waals surface area contributed by atoms with E-state index in [9.17, 15) is 4.79 Å². The molecular formula is C11H21NO. The third-order valence-electron chi connectivity index (χ3n) is 2.18. The first-order chi connectivity index (χ1) is 6.11. The number of nitrogens with two attached hydrogens (primary N) is 1. The third kappa shape index (κ3) is 5.58. The smallest absolute Gasteiger partial charge is 0.137 e. The molecule has 0 aromatic carbocycles. The summed E-state index contributed by atoms with van der Waals surface area (Å²) in [5.41, 5.74) is 6.59. The van der Waals surface area contributed by atoms with Crippen molar-refractivity contribution in [3.8, 4) is 0 Å². The van der Waals surface area contributed by atoms with E-state index in [0.29, 0.717) is 18.7 Å². The molecule has 2 N–H and O–H groups in total. The van der Waals surface area contributed by atoms with Crippen molar-refractivity contribution in [1.82, 2.24) is 0 Å².